The Morgan fingerprint density at radius 2 is 0.884 bits per heavy atom. The number of carbonyl (C=O) groups is 2. The number of hydrogen-bond donors (Lipinski definition) is 3. The van der Waals surface area contributed by atoms with Crippen molar-refractivity contribution < 1.29 is 24.5 Å². The van der Waals surface area contributed by atoms with Crippen LogP contribution in [0.15, 0.2) is 134 Å². The number of aliphatic hydroxyl groups excluding tert-OH is 2. The van der Waals surface area contributed by atoms with Crippen molar-refractivity contribution in [2.75, 3.05) is 6.61 Å². The third-order valence-corrected chi connectivity index (χ3v) is 11.8. The molecule has 0 rings (SSSR count). The highest BCUT2D eigenvalue weighted by atomic mass is 16.5. The monoisotopic (exact) mass is 954 g/mol. The summed E-state index contributed by atoms with van der Waals surface area (Å²) in [6.45, 7) is 6.24. The van der Waals surface area contributed by atoms with Crippen molar-refractivity contribution in [3.8, 4) is 0 Å². The zero-order chi connectivity index (χ0) is 50.2. The molecule has 3 atom stereocenters. The molecule has 0 heterocycles. The highest BCUT2D eigenvalue weighted by Crippen LogP contribution is 2.16. The first-order chi connectivity index (χ1) is 34.0. The van der Waals surface area contributed by atoms with E-state index < -0.39 is 18.2 Å². The van der Waals surface area contributed by atoms with Crippen LogP contribution >= 0.6 is 0 Å². The number of nitrogens with one attached hydrogen (secondary N) is 1. The fraction of sp³-hybridized carbons (Fsp3) is 0.619. The maximum absolute atomic E-state index is 13.2. The molecule has 3 N–H and O–H groups in total. The van der Waals surface area contributed by atoms with Crippen LogP contribution in [0.1, 0.15) is 226 Å². The van der Waals surface area contributed by atoms with Gasteiger partial charge in [0, 0.05) is 6.42 Å². The third kappa shape index (κ3) is 50.2. The van der Waals surface area contributed by atoms with Gasteiger partial charge in [0.15, 0.2) is 0 Å². The number of hydrogen-bond acceptors (Lipinski definition) is 5. The van der Waals surface area contributed by atoms with E-state index in [1.165, 1.54) is 83.5 Å². The van der Waals surface area contributed by atoms with Crippen LogP contribution in [0.2, 0.25) is 0 Å². The second-order valence-electron chi connectivity index (χ2n) is 18.4. The fourth-order valence-corrected chi connectivity index (χ4v) is 7.63. The average Bonchev–Trinajstić information content (AvgIpc) is 3.34. The van der Waals surface area contributed by atoms with E-state index in [-0.39, 0.29) is 24.9 Å². The number of amides is 1. The summed E-state index contributed by atoms with van der Waals surface area (Å²) in [5, 5.41) is 23.8. The van der Waals surface area contributed by atoms with Crippen molar-refractivity contribution in [3.05, 3.63) is 134 Å². The van der Waals surface area contributed by atoms with Crippen LogP contribution in [0.25, 0.3) is 0 Å². The lowest BCUT2D eigenvalue weighted by molar-refractivity contribution is -0.148. The molecule has 0 spiro atoms. The Balaban J connectivity index is 4.82. The first-order valence-electron chi connectivity index (χ1n) is 28.0. The molecule has 3 unspecified atom stereocenters. The van der Waals surface area contributed by atoms with Crippen molar-refractivity contribution in [3.63, 3.8) is 0 Å². The molecule has 0 aliphatic rings. The zero-order valence-electron chi connectivity index (χ0n) is 44.4. The lowest BCUT2D eigenvalue weighted by Gasteiger charge is -2.23. The van der Waals surface area contributed by atoms with Crippen molar-refractivity contribution in [1.29, 1.82) is 0 Å². The molecule has 0 bridgehead atoms. The van der Waals surface area contributed by atoms with E-state index in [2.05, 4.69) is 123 Å². The summed E-state index contributed by atoms with van der Waals surface area (Å²) in [5.74, 6) is -0.669. The van der Waals surface area contributed by atoms with Gasteiger partial charge in [-0.15, -0.1) is 0 Å². The summed E-state index contributed by atoms with van der Waals surface area (Å²) in [6.07, 6.45) is 78.2. The molecule has 6 nitrogen and oxygen atoms in total. The Hall–Kier alpha value is -4.00. The van der Waals surface area contributed by atoms with E-state index >= 15 is 0 Å². The molecule has 0 aromatic carbocycles. The predicted octanol–water partition coefficient (Wildman–Crippen LogP) is 17.4. The normalized spacial score (nSPS) is 14.2. The summed E-state index contributed by atoms with van der Waals surface area (Å²) in [5.41, 5.74) is 0. The van der Waals surface area contributed by atoms with Gasteiger partial charge in [-0.25, -0.2) is 0 Å². The number of unbranched alkanes of at least 4 members (excludes halogenated alkanes) is 20. The number of rotatable bonds is 48. The van der Waals surface area contributed by atoms with Gasteiger partial charge in [0.1, 0.15) is 6.10 Å². The van der Waals surface area contributed by atoms with E-state index in [1.54, 1.807) is 6.08 Å². The first-order valence-corrected chi connectivity index (χ1v) is 28.0. The van der Waals surface area contributed by atoms with Crippen LogP contribution in [0.4, 0.5) is 0 Å². The Labute approximate surface area is 424 Å². The molecule has 0 aliphatic carbocycles. The van der Waals surface area contributed by atoms with E-state index in [1.807, 2.05) is 30.4 Å². The van der Waals surface area contributed by atoms with Crippen LogP contribution in [0, 0.1) is 0 Å². The van der Waals surface area contributed by atoms with Gasteiger partial charge in [-0.2, -0.15) is 0 Å². The minimum atomic E-state index is -0.835. The molecule has 6 heteroatoms. The van der Waals surface area contributed by atoms with Crippen molar-refractivity contribution in [2.24, 2.45) is 0 Å². The standard InChI is InChI=1S/C63H103NO5/c1-4-7-10-13-16-19-22-25-28-30-32-35-38-41-44-47-50-53-56-63(68)69-59(54-51-48-45-42-39-36-34-31-29-26-23-20-17-14-11-8-5-2)57-62(67)64-60(58-65)61(66)55-52-49-46-43-40-37-33-27-24-21-18-15-12-9-6-3/h8,10-11,13,16-17,19-20,22,25-26,28-30,32,34-36,42,45,51,54,59-61,65-66H,4-7,9,12,14-15,18,21,23-24,27,31,33,37-41,43-44,46-50,52-53,55-58H2,1-3H3,(H,64,67)/b11-8-,13-10+,19-16+,20-17-,25-22+,29-26-,30-28+,35-32+,36-34-,45-42-,54-51-. The molecule has 69 heavy (non-hydrogen) atoms. The lowest BCUT2D eigenvalue weighted by Crippen LogP contribution is -2.46. The summed E-state index contributed by atoms with van der Waals surface area (Å²) in [7, 11) is 0. The van der Waals surface area contributed by atoms with Crippen molar-refractivity contribution in [1.82, 2.24) is 5.32 Å². The molecule has 0 saturated carbocycles. The van der Waals surface area contributed by atoms with Crippen LogP contribution in [-0.2, 0) is 14.3 Å². The van der Waals surface area contributed by atoms with Gasteiger partial charge in [-0.1, -0.05) is 270 Å². The van der Waals surface area contributed by atoms with E-state index in [0.29, 0.717) is 19.3 Å². The van der Waals surface area contributed by atoms with Gasteiger partial charge >= 0.3 is 5.97 Å². The van der Waals surface area contributed by atoms with Crippen LogP contribution in [-0.4, -0.2) is 46.9 Å². The summed E-state index contributed by atoms with van der Waals surface area (Å²) in [4.78, 5) is 26.2. The van der Waals surface area contributed by atoms with Crippen molar-refractivity contribution >= 4 is 11.9 Å². The Morgan fingerprint density at radius 1 is 0.464 bits per heavy atom. The second kappa shape index (κ2) is 54.9. The average molecular weight is 955 g/mol. The fourth-order valence-electron chi connectivity index (χ4n) is 7.63. The highest BCUT2D eigenvalue weighted by Gasteiger charge is 2.23. The smallest absolute Gasteiger partial charge is 0.306 e. The van der Waals surface area contributed by atoms with E-state index in [9.17, 15) is 19.8 Å². The number of allylic oxidation sites excluding steroid dienone is 21. The van der Waals surface area contributed by atoms with Crippen molar-refractivity contribution in [2.45, 2.75) is 244 Å². The molecule has 0 radical (unpaired) electrons. The number of aliphatic hydroxyl groups is 2. The maximum Gasteiger partial charge on any atom is 0.306 e. The Morgan fingerprint density at radius 3 is 1.36 bits per heavy atom. The van der Waals surface area contributed by atoms with Gasteiger partial charge in [0.05, 0.1) is 25.2 Å². The van der Waals surface area contributed by atoms with Crippen LogP contribution in [0.5, 0.6) is 0 Å². The van der Waals surface area contributed by atoms with Crippen LogP contribution in [0.3, 0.4) is 0 Å². The molecule has 0 aromatic rings. The minimum Gasteiger partial charge on any atom is -0.458 e. The third-order valence-electron chi connectivity index (χ3n) is 11.8. The van der Waals surface area contributed by atoms with Crippen LogP contribution < -0.4 is 5.32 Å². The van der Waals surface area contributed by atoms with Gasteiger partial charge in [-0.05, 0) is 76.7 Å². The Kier molecular flexibility index (Phi) is 51.7. The molecule has 0 aromatic heterocycles. The molecule has 0 aliphatic heterocycles. The summed E-state index contributed by atoms with van der Waals surface area (Å²) in [6, 6.07) is -0.759. The van der Waals surface area contributed by atoms with Gasteiger partial charge in [0.25, 0.3) is 0 Å². The maximum atomic E-state index is 13.2. The number of ether oxygens (including phenoxy) is 1. The molecule has 0 fully saturated rings. The molecule has 1 amide bonds. The number of carbonyl (C=O) groups excluding carboxylic acids is 2. The lowest BCUT2D eigenvalue weighted by atomic mass is 10.0. The SMILES string of the molecule is CC/C=C\C/C=C\C/C=C\C/C=C\C/C=C\C/C=C\C(CC(=O)NC(CO)C(O)CCCCCCCCCCCCCCCCC)OC(=O)CCCCCCC/C=C/C=C/C=C/C=C/C=C/CCC. The van der Waals surface area contributed by atoms with Gasteiger partial charge < -0.3 is 20.3 Å². The first kappa shape index (κ1) is 65.0. The molecular weight excluding hydrogens is 851 g/mol. The van der Waals surface area contributed by atoms with E-state index in [4.69, 9.17) is 4.74 Å². The topological polar surface area (TPSA) is 95.9 Å². The predicted molar refractivity (Wildman–Crippen MR) is 300 cm³/mol. The minimum absolute atomic E-state index is 0.0666. The second-order valence-corrected chi connectivity index (χ2v) is 18.4. The highest BCUT2D eigenvalue weighted by molar-refractivity contribution is 5.78. The molecule has 0 saturated heterocycles. The quantitative estimate of drug-likeness (QED) is 0.0244. The summed E-state index contributed by atoms with van der Waals surface area (Å²) < 4.78 is 5.83. The van der Waals surface area contributed by atoms with Gasteiger partial charge in [-0.3, -0.25) is 9.59 Å². The summed E-state index contributed by atoms with van der Waals surface area (Å²) >= 11 is 0. The largest absolute Gasteiger partial charge is 0.458 e. The van der Waals surface area contributed by atoms with Gasteiger partial charge in [0.2, 0.25) is 5.91 Å². The molecule has 390 valence electrons. The molecular formula is C63H103NO5. The Bertz CT molecular complexity index is 1490. The zero-order valence-corrected chi connectivity index (χ0v) is 44.4. The van der Waals surface area contributed by atoms with E-state index in [0.717, 1.165) is 96.3 Å². The number of esters is 1.